The summed E-state index contributed by atoms with van der Waals surface area (Å²) in [6.07, 6.45) is 3.95. The highest BCUT2D eigenvalue weighted by atomic mass is 28.4. The van der Waals surface area contributed by atoms with Crippen LogP contribution in [0.5, 0.6) is 5.88 Å². The molecule has 32 heavy (non-hydrogen) atoms. The molecule has 0 N–H and O–H groups in total. The maximum Gasteiger partial charge on any atom is 0.265 e. The third-order valence-corrected chi connectivity index (χ3v) is 11.7. The predicted molar refractivity (Wildman–Crippen MR) is 126 cm³/mol. The lowest BCUT2D eigenvalue weighted by Gasteiger charge is -2.52. The van der Waals surface area contributed by atoms with E-state index in [-0.39, 0.29) is 34.1 Å². The summed E-state index contributed by atoms with van der Waals surface area (Å²) < 4.78 is 18.4. The zero-order valence-electron chi connectivity index (χ0n) is 21.0. The predicted octanol–water partition coefficient (Wildman–Crippen LogP) is 4.95. The second-order valence-electron chi connectivity index (χ2n) is 10.9. The number of ether oxygens (including phenoxy) is 1. The Bertz CT molecular complexity index is 927. The van der Waals surface area contributed by atoms with Gasteiger partial charge in [0.05, 0.1) is 12.6 Å². The first-order valence-corrected chi connectivity index (χ1v) is 14.4. The Morgan fingerprint density at radius 3 is 2.50 bits per heavy atom. The molecule has 0 saturated heterocycles. The van der Waals surface area contributed by atoms with Crippen molar-refractivity contribution in [2.75, 3.05) is 20.7 Å². The molecule has 8 heteroatoms. The van der Waals surface area contributed by atoms with Crippen LogP contribution in [0.1, 0.15) is 76.0 Å². The van der Waals surface area contributed by atoms with Gasteiger partial charge >= 0.3 is 0 Å². The average Bonchev–Trinajstić information content (AvgIpc) is 3.06. The van der Waals surface area contributed by atoms with Crippen molar-refractivity contribution in [1.29, 1.82) is 0 Å². The normalized spacial score (nSPS) is 26.1. The summed E-state index contributed by atoms with van der Waals surface area (Å²) in [5.41, 5.74) is -0.397. The highest BCUT2D eigenvalue weighted by Gasteiger charge is 2.65. The van der Waals surface area contributed by atoms with Gasteiger partial charge in [0, 0.05) is 5.92 Å². The van der Waals surface area contributed by atoms with Gasteiger partial charge in [0.15, 0.2) is 25.5 Å². The summed E-state index contributed by atoms with van der Waals surface area (Å²) >= 11 is 0. The van der Waals surface area contributed by atoms with Gasteiger partial charge in [-0.2, -0.15) is 0 Å². The number of allylic oxidation sites excluding steroid dienone is 1. The number of ketones is 2. The number of rotatable bonds is 7. The number of aromatic nitrogens is 1. The fourth-order valence-corrected chi connectivity index (χ4v) is 5.93. The van der Waals surface area contributed by atoms with Crippen LogP contribution in [0.4, 0.5) is 0 Å². The van der Waals surface area contributed by atoms with Gasteiger partial charge in [-0.3, -0.25) is 14.5 Å². The lowest BCUT2D eigenvalue weighted by atomic mass is 9.64. The van der Waals surface area contributed by atoms with Crippen LogP contribution in [-0.4, -0.2) is 56.2 Å². The number of carbonyl (C=O) groups is 2. The molecule has 1 aromatic rings. The number of hydrogen-bond donors (Lipinski definition) is 0. The lowest BCUT2D eigenvalue weighted by molar-refractivity contribution is -0.135. The van der Waals surface area contributed by atoms with Crippen LogP contribution in [0.25, 0.3) is 0 Å². The first-order chi connectivity index (χ1) is 14.8. The van der Waals surface area contributed by atoms with Crippen molar-refractivity contribution in [1.82, 2.24) is 10.1 Å². The molecule has 0 unspecified atom stereocenters. The van der Waals surface area contributed by atoms with E-state index >= 15 is 0 Å². The fraction of sp³-hybridized carbons (Fsp3) is 0.708. The SMILES string of the molecule is CCCCOc1noc2c1C(=O)[C@@]1(O[Si](C)(C)C(C)(C)C)C(=O)C=C(C)C[C@H]1[C@@H]2N(C)C. The van der Waals surface area contributed by atoms with Crippen molar-refractivity contribution in [2.24, 2.45) is 5.92 Å². The molecule has 2 aliphatic rings. The Morgan fingerprint density at radius 2 is 1.94 bits per heavy atom. The lowest BCUT2D eigenvalue weighted by Crippen LogP contribution is -2.66. The molecule has 0 spiro atoms. The van der Waals surface area contributed by atoms with E-state index in [1.165, 1.54) is 0 Å². The van der Waals surface area contributed by atoms with Crippen LogP contribution in [0.15, 0.2) is 16.2 Å². The van der Waals surface area contributed by atoms with Crippen LogP contribution in [0.2, 0.25) is 18.1 Å². The van der Waals surface area contributed by atoms with Gasteiger partial charge < -0.3 is 13.7 Å². The first kappa shape index (κ1) is 24.9. The maximum atomic E-state index is 14.2. The zero-order valence-corrected chi connectivity index (χ0v) is 22.0. The standard InChI is InChI=1S/C24H38N2O5Si/c1-10-11-12-29-22-18-20(30-25-22)19(26(6)7)16-13-15(2)14-17(27)24(16,21(18)28)31-32(8,9)23(3,4)5/h14,16,19H,10-13H2,1-9H3/t16-,19-,24-/m0/s1. The van der Waals surface area contributed by atoms with E-state index in [9.17, 15) is 9.59 Å². The molecule has 0 saturated carbocycles. The van der Waals surface area contributed by atoms with E-state index in [2.05, 4.69) is 45.9 Å². The summed E-state index contributed by atoms with van der Waals surface area (Å²) in [7, 11) is 1.35. The quantitative estimate of drug-likeness (QED) is 0.322. The van der Waals surface area contributed by atoms with Crippen molar-refractivity contribution < 1.29 is 23.3 Å². The Balaban J connectivity index is 2.23. The second-order valence-corrected chi connectivity index (χ2v) is 15.7. The van der Waals surface area contributed by atoms with Crippen molar-refractivity contribution in [3.8, 4) is 5.88 Å². The smallest absolute Gasteiger partial charge is 0.265 e. The summed E-state index contributed by atoms with van der Waals surface area (Å²) in [4.78, 5) is 30.0. The molecule has 178 valence electrons. The minimum atomic E-state index is -2.51. The van der Waals surface area contributed by atoms with Gasteiger partial charge in [-0.05, 0) is 63.2 Å². The molecule has 0 bridgehead atoms. The third kappa shape index (κ3) is 3.90. The number of nitrogens with zero attached hydrogens (tertiary/aromatic N) is 2. The molecule has 0 radical (unpaired) electrons. The largest absolute Gasteiger partial charge is 0.475 e. The van der Waals surface area contributed by atoms with Gasteiger partial charge in [-0.1, -0.05) is 39.7 Å². The molecular formula is C24H38N2O5Si. The second kappa shape index (κ2) is 8.54. The van der Waals surface area contributed by atoms with E-state index in [1.807, 2.05) is 25.9 Å². The van der Waals surface area contributed by atoms with Crippen molar-refractivity contribution in [3.63, 3.8) is 0 Å². The van der Waals surface area contributed by atoms with Gasteiger partial charge in [0.1, 0.15) is 5.56 Å². The number of carbonyl (C=O) groups excluding carboxylic acids is 2. The van der Waals surface area contributed by atoms with E-state index in [4.69, 9.17) is 13.7 Å². The number of Topliss-reactive ketones (excluding diaryl/α,β-unsaturated/α-hetero) is 1. The molecule has 0 aliphatic heterocycles. The number of unbranched alkanes of at least 4 members (excludes halogenated alkanes) is 1. The summed E-state index contributed by atoms with van der Waals surface area (Å²) in [5, 5.41) is 3.94. The van der Waals surface area contributed by atoms with E-state index < -0.39 is 19.8 Å². The van der Waals surface area contributed by atoms with Gasteiger partial charge in [-0.15, -0.1) is 0 Å². The molecule has 1 aromatic heterocycles. The summed E-state index contributed by atoms with van der Waals surface area (Å²) in [6, 6.07) is -0.337. The van der Waals surface area contributed by atoms with E-state index in [0.29, 0.717) is 18.8 Å². The van der Waals surface area contributed by atoms with Gasteiger partial charge in [-0.25, -0.2) is 0 Å². The van der Waals surface area contributed by atoms with Crippen LogP contribution in [0, 0.1) is 5.92 Å². The fourth-order valence-electron chi connectivity index (χ4n) is 4.48. The topological polar surface area (TPSA) is 81.9 Å². The highest BCUT2D eigenvalue weighted by Crippen LogP contribution is 2.54. The summed E-state index contributed by atoms with van der Waals surface area (Å²) in [6.45, 7) is 14.9. The molecular weight excluding hydrogens is 424 g/mol. The molecule has 1 heterocycles. The number of hydrogen-bond acceptors (Lipinski definition) is 7. The average molecular weight is 463 g/mol. The Morgan fingerprint density at radius 1 is 1.28 bits per heavy atom. The van der Waals surface area contributed by atoms with Crippen molar-refractivity contribution in [3.05, 3.63) is 23.0 Å². The van der Waals surface area contributed by atoms with E-state index in [0.717, 1.165) is 18.4 Å². The first-order valence-electron chi connectivity index (χ1n) is 11.5. The molecule has 7 nitrogen and oxygen atoms in total. The molecule has 2 aliphatic carbocycles. The molecule has 0 aromatic carbocycles. The van der Waals surface area contributed by atoms with Crippen LogP contribution in [0.3, 0.4) is 0 Å². The molecule has 0 fully saturated rings. The third-order valence-electron chi connectivity index (χ3n) is 7.22. The zero-order chi connectivity index (χ0) is 24.1. The minimum absolute atomic E-state index is 0.168. The highest BCUT2D eigenvalue weighted by molar-refractivity contribution is 6.74. The van der Waals surface area contributed by atoms with Crippen LogP contribution >= 0.6 is 0 Å². The van der Waals surface area contributed by atoms with Crippen molar-refractivity contribution in [2.45, 2.75) is 83.7 Å². The maximum absolute atomic E-state index is 14.2. The Labute approximate surface area is 192 Å². The van der Waals surface area contributed by atoms with E-state index in [1.54, 1.807) is 6.08 Å². The Hall–Kier alpha value is -1.77. The molecule has 0 amide bonds. The number of fused-ring (bicyclic) bond motifs is 2. The molecule has 3 atom stereocenters. The minimum Gasteiger partial charge on any atom is -0.475 e. The Kier molecular flexibility index (Phi) is 6.63. The van der Waals surface area contributed by atoms with Gasteiger partial charge in [0.25, 0.3) is 5.88 Å². The van der Waals surface area contributed by atoms with Gasteiger partial charge in [0.2, 0.25) is 5.78 Å². The van der Waals surface area contributed by atoms with Crippen molar-refractivity contribution >= 4 is 19.9 Å². The monoisotopic (exact) mass is 462 g/mol. The summed E-state index contributed by atoms with van der Waals surface area (Å²) in [5.74, 6) is -0.420. The molecule has 3 rings (SSSR count). The van der Waals surface area contributed by atoms with Crippen LogP contribution < -0.4 is 4.74 Å². The van der Waals surface area contributed by atoms with Crippen LogP contribution in [-0.2, 0) is 9.22 Å².